The molecule has 0 saturated carbocycles. The van der Waals surface area contributed by atoms with Gasteiger partial charge in [0.1, 0.15) is 0 Å². The van der Waals surface area contributed by atoms with Crippen molar-refractivity contribution in [3.8, 4) is 0 Å². The lowest BCUT2D eigenvalue weighted by atomic mass is 10.1. The zero-order valence-electron chi connectivity index (χ0n) is 10.9. The van der Waals surface area contributed by atoms with Gasteiger partial charge in [0, 0.05) is 18.7 Å². The Hall–Kier alpha value is -2.51. The van der Waals surface area contributed by atoms with E-state index in [-0.39, 0.29) is 11.5 Å². The number of rotatable bonds is 6. The maximum Gasteiger partial charge on any atom is 0.277 e. The number of amides is 1. The van der Waals surface area contributed by atoms with Crippen LogP contribution in [-0.2, 0) is 0 Å². The first-order chi connectivity index (χ1) is 9.35. The van der Waals surface area contributed by atoms with Crippen molar-refractivity contribution < 1.29 is 14.6 Å². The summed E-state index contributed by atoms with van der Waals surface area (Å²) in [7, 11) is 0. The van der Waals surface area contributed by atoms with Crippen molar-refractivity contribution in [2.75, 3.05) is 6.54 Å². The van der Waals surface area contributed by atoms with Crippen LogP contribution in [0.3, 0.4) is 0 Å². The maximum atomic E-state index is 11.8. The number of carbonyl (C=O) groups excluding carboxylic acids is 1. The van der Waals surface area contributed by atoms with Gasteiger partial charge in [0.2, 0.25) is 0 Å². The number of non-ortho nitro benzene ring substituents is 2. The van der Waals surface area contributed by atoms with Gasteiger partial charge < -0.3 is 5.32 Å². The van der Waals surface area contributed by atoms with E-state index in [1.807, 2.05) is 6.92 Å². The lowest BCUT2D eigenvalue weighted by Gasteiger charge is -2.09. The summed E-state index contributed by atoms with van der Waals surface area (Å²) < 4.78 is 0. The minimum absolute atomic E-state index is 0.109. The summed E-state index contributed by atoms with van der Waals surface area (Å²) in [5.74, 6) is -0.440. The van der Waals surface area contributed by atoms with E-state index in [0.717, 1.165) is 18.2 Å². The summed E-state index contributed by atoms with van der Waals surface area (Å²) in [4.78, 5) is 31.7. The molecule has 1 atom stereocenters. The molecule has 0 fully saturated rings. The zero-order chi connectivity index (χ0) is 15.3. The molecule has 0 spiro atoms. The molecule has 0 aliphatic carbocycles. The van der Waals surface area contributed by atoms with Gasteiger partial charge in [0.15, 0.2) is 0 Å². The molecular weight excluding hydrogens is 266 g/mol. The second-order valence-electron chi connectivity index (χ2n) is 4.36. The number of hydrogen-bond acceptors (Lipinski definition) is 5. The van der Waals surface area contributed by atoms with Crippen LogP contribution in [0.2, 0.25) is 0 Å². The summed E-state index contributed by atoms with van der Waals surface area (Å²) in [6.07, 6.45) is 0.620. The highest BCUT2D eigenvalue weighted by atomic mass is 16.6. The average Bonchev–Trinajstić information content (AvgIpc) is 2.43. The van der Waals surface area contributed by atoms with Gasteiger partial charge in [-0.3, -0.25) is 25.0 Å². The van der Waals surface area contributed by atoms with Crippen molar-refractivity contribution in [1.82, 2.24) is 5.32 Å². The Labute approximate surface area is 115 Å². The highest BCUT2D eigenvalue weighted by Gasteiger charge is 2.19. The summed E-state index contributed by atoms with van der Waals surface area (Å²) in [6, 6.07) is 2.84. The normalized spacial score (nSPS) is 11.7. The highest BCUT2D eigenvalue weighted by molar-refractivity contribution is 5.95. The third kappa shape index (κ3) is 4.01. The molecule has 1 aromatic carbocycles. The second-order valence-corrected chi connectivity index (χ2v) is 4.36. The van der Waals surface area contributed by atoms with Crippen LogP contribution in [0, 0.1) is 33.1 Å². The van der Waals surface area contributed by atoms with Crippen molar-refractivity contribution in [3.05, 3.63) is 50.9 Å². The molecule has 0 aromatic heterocycles. The summed E-state index contributed by atoms with van der Waals surface area (Å²) in [5.41, 5.74) is -1.09. The predicted octanol–water partition coefficient (Wildman–Crippen LogP) is 2.09. The number of hydrogen-bond donors (Lipinski definition) is 1. The largest absolute Gasteiger partial charge is 0.352 e. The van der Waals surface area contributed by atoms with Crippen molar-refractivity contribution in [3.63, 3.8) is 0 Å². The van der Waals surface area contributed by atoms with Crippen molar-refractivity contribution in [1.29, 1.82) is 0 Å². The number of carbonyl (C=O) groups is 1. The van der Waals surface area contributed by atoms with E-state index >= 15 is 0 Å². The van der Waals surface area contributed by atoms with E-state index in [1.165, 1.54) is 0 Å². The molecule has 8 nitrogen and oxygen atoms in total. The molecule has 107 valence electrons. The van der Waals surface area contributed by atoms with Crippen LogP contribution >= 0.6 is 0 Å². The van der Waals surface area contributed by atoms with Crippen LogP contribution in [0.15, 0.2) is 18.2 Å². The third-order valence-electron chi connectivity index (χ3n) is 2.69. The Bertz CT molecular complexity index is 512. The lowest BCUT2D eigenvalue weighted by molar-refractivity contribution is -0.394. The molecule has 8 heteroatoms. The van der Waals surface area contributed by atoms with E-state index in [9.17, 15) is 25.0 Å². The molecule has 1 unspecified atom stereocenters. The number of benzene rings is 1. The monoisotopic (exact) mass is 280 g/mol. The molecule has 0 bridgehead atoms. The molecule has 1 rings (SSSR count). The van der Waals surface area contributed by atoms with E-state index in [1.54, 1.807) is 0 Å². The predicted molar refractivity (Wildman–Crippen MR) is 71.2 cm³/mol. The van der Waals surface area contributed by atoms with Gasteiger partial charge in [0.25, 0.3) is 17.3 Å². The van der Waals surface area contributed by atoms with Gasteiger partial charge in [-0.15, -0.1) is 0 Å². The Morgan fingerprint density at radius 2 is 1.75 bits per heavy atom. The molecule has 0 saturated heterocycles. The van der Waals surface area contributed by atoms with E-state index < -0.39 is 27.1 Å². The van der Waals surface area contributed by atoms with Gasteiger partial charge >= 0.3 is 0 Å². The van der Waals surface area contributed by atoms with Gasteiger partial charge in [-0.05, 0) is 12.3 Å². The average molecular weight is 280 g/mol. The smallest absolute Gasteiger partial charge is 0.277 e. The van der Waals surface area contributed by atoms with Crippen molar-refractivity contribution >= 4 is 17.3 Å². The maximum absolute atomic E-state index is 11.8. The molecule has 0 heterocycles. The highest BCUT2D eigenvalue weighted by Crippen LogP contribution is 2.22. The molecule has 1 amide bonds. The van der Waals surface area contributed by atoms with Gasteiger partial charge in [-0.1, -0.05) is 13.8 Å². The number of nitrogens with one attached hydrogen (secondary N) is 1. The van der Waals surface area contributed by atoms with Crippen LogP contribution in [0.4, 0.5) is 11.4 Å². The molecule has 1 radical (unpaired) electrons. The molecule has 1 N–H and O–H groups in total. The molecule has 0 aliphatic heterocycles. The fourth-order valence-corrected chi connectivity index (χ4v) is 1.41. The summed E-state index contributed by atoms with van der Waals surface area (Å²) in [6.45, 7) is 5.91. The second kappa shape index (κ2) is 6.60. The molecule has 0 aliphatic rings. The summed E-state index contributed by atoms with van der Waals surface area (Å²) >= 11 is 0. The quantitative estimate of drug-likeness (QED) is 0.632. The van der Waals surface area contributed by atoms with Crippen LogP contribution < -0.4 is 5.32 Å². The fourth-order valence-electron chi connectivity index (χ4n) is 1.41. The topological polar surface area (TPSA) is 115 Å². The van der Waals surface area contributed by atoms with E-state index in [4.69, 9.17) is 0 Å². The standard InChI is InChI=1S/C12H14N3O5/c1-3-8(2)7-13-12(16)9-4-10(14(17)18)6-11(5-9)15(19)20/h4-6,8H,1,3,7H2,2H3,(H,13,16). The Morgan fingerprint density at radius 1 is 1.25 bits per heavy atom. The van der Waals surface area contributed by atoms with Gasteiger partial charge in [-0.2, -0.15) is 0 Å². The SMILES string of the molecule is [CH2]CC(C)CNC(=O)c1cc([N+](=O)[O-])cc([N+](=O)[O-])c1. The number of nitro groups is 2. The third-order valence-corrected chi connectivity index (χ3v) is 2.69. The van der Waals surface area contributed by atoms with Crippen molar-refractivity contribution in [2.45, 2.75) is 13.3 Å². The van der Waals surface area contributed by atoms with Gasteiger partial charge in [0.05, 0.1) is 21.5 Å². The van der Waals surface area contributed by atoms with Crippen LogP contribution in [-0.4, -0.2) is 22.3 Å². The minimum Gasteiger partial charge on any atom is -0.352 e. The van der Waals surface area contributed by atoms with Crippen LogP contribution in [0.25, 0.3) is 0 Å². The van der Waals surface area contributed by atoms with E-state index in [2.05, 4.69) is 12.2 Å². The molecule has 1 aromatic rings. The van der Waals surface area contributed by atoms with Gasteiger partial charge in [-0.25, -0.2) is 0 Å². The Balaban J connectivity index is 3.01. The molecular formula is C12H14N3O5. The first-order valence-corrected chi connectivity index (χ1v) is 5.86. The fraction of sp³-hybridized carbons (Fsp3) is 0.333. The Morgan fingerprint density at radius 3 is 2.15 bits per heavy atom. The zero-order valence-corrected chi connectivity index (χ0v) is 10.9. The van der Waals surface area contributed by atoms with Crippen LogP contribution in [0.5, 0.6) is 0 Å². The van der Waals surface area contributed by atoms with Crippen LogP contribution in [0.1, 0.15) is 23.7 Å². The molecule has 20 heavy (non-hydrogen) atoms. The number of nitro benzene ring substituents is 2. The first kappa shape index (κ1) is 15.5. The summed E-state index contributed by atoms with van der Waals surface area (Å²) in [5, 5.41) is 24.0. The lowest BCUT2D eigenvalue weighted by Crippen LogP contribution is -2.28. The Kier molecular flexibility index (Phi) is 5.13. The van der Waals surface area contributed by atoms with E-state index in [0.29, 0.717) is 13.0 Å². The van der Waals surface area contributed by atoms with Crippen molar-refractivity contribution in [2.24, 2.45) is 5.92 Å². The minimum atomic E-state index is -0.775. The number of nitrogens with zero attached hydrogens (tertiary/aromatic N) is 2. The first-order valence-electron chi connectivity index (χ1n) is 5.86.